The summed E-state index contributed by atoms with van der Waals surface area (Å²) in [6, 6.07) is 5.36. The van der Waals surface area contributed by atoms with Crippen molar-refractivity contribution in [3.05, 3.63) is 35.2 Å². The number of nitrogens with one attached hydrogen (secondary N) is 1. The van der Waals surface area contributed by atoms with Crippen molar-refractivity contribution in [2.75, 3.05) is 5.73 Å². The third-order valence-corrected chi connectivity index (χ3v) is 2.91. The van der Waals surface area contributed by atoms with E-state index in [1.165, 1.54) is 0 Å². The zero-order chi connectivity index (χ0) is 12.0. The van der Waals surface area contributed by atoms with Gasteiger partial charge in [-0.05, 0) is 25.1 Å². The molecule has 0 aliphatic heterocycles. The van der Waals surface area contributed by atoms with E-state index in [2.05, 4.69) is 9.97 Å². The lowest BCUT2D eigenvalue weighted by atomic mass is 10.2. The van der Waals surface area contributed by atoms with Gasteiger partial charge in [-0.15, -0.1) is 0 Å². The van der Waals surface area contributed by atoms with Gasteiger partial charge in [-0.2, -0.15) is 0 Å². The third-order valence-electron chi connectivity index (χ3n) is 2.69. The predicted octanol–water partition coefficient (Wildman–Crippen LogP) is 3.37. The van der Waals surface area contributed by atoms with Crippen molar-refractivity contribution < 1.29 is 4.42 Å². The van der Waals surface area contributed by atoms with Crippen LogP contribution in [0.4, 0.5) is 5.69 Å². The molecule has 0 aliphatic rings. The second kappa shape index (κ2) is 3.53. The van der Waals surface area contributed by atoms with Crippen LogP contribution >= 0.6 is 11.6 Å². The summed E-state index contributed by atoms with van der Waals surface area (Å²) in [6.07, 6.45) is 1.63. The number of fused-ring (bicyclic) bond motifs is 1. The van der Waals surface area contributed by atoms with Crippen LogP contribution in [0.5, 0.6) is 0 Å². The van der Waals surface area contributed by atoms with Crippen molar-refractivity contribution >= 4 is 28.3 Å². The molecule has 0 aliphatic carbocycles. The van der Waals surface area contributed by atoms with Crippen LogP contribution in [0, 0.1) is 6.92 Å². The highest BCUT2D eigenvalue weighted by Crippen LogP contribution is 2.29. The first kappa shape index (κ1) is 10.2. The molecule has 17 heavy (non-hydrogen) atoms. The van der Waals surface area contributed by atoms with Gasteiger partial charge in [-0.25, -0.2) is 4.98 Å². The Morgan fingerprint density at radius 3 is 2.94 bits per heavy atom. The Bertz CT molecular complexity index is 699. The highest BCUT2D eigenvalue weighted by atomic mass is 35.5. The molecule has 0 radical (unpaired) electrons. The third kappa shape index (κ3) is 1.57. The average molecular weight is 248 g/mol. The predicted molar refractivity (Wildman–Crippen MR) is 68.0 cm³/mol. The minimum atomic E-state index is 0.566. The van der Waals surface area contributed by atoms with Crippen molar-refractivity contribution in [1.29, 1.82) is 0 Å². The number of aryl methyl sites for hydroxylation is 1. The maximum absolute atomic E-state index is 5.94. The molecule has 0 spiro atoms. The highest BCUT2D eigenvalue weighted by Gasteiger charge is 2.11. The lowest BCUT2D eigenvalue weighted by Crippen LogP contribution is -1.86. The number of hydrogen-bond donors (Lipinski definition) is 2. The van der Waals surface area contributed by atoms with Crippen molar-refractivity contribution in [2.45, 2.75) is 6.92 Å². The number of imidazole rings is 1. The minimum Gasteiger partial charge on any atom is -0.469 e. The lowest BCUT2D eigenvalue weighted by molar-refractivity contribution is 0.535. The first-order valence-electron chi connectivity index (χ1n) is 5.14. The van der Waals surface area contributed by atoms with E-state index in [-0.39, 0.29) is 0 Å². The molecule has 3 rings (SSSR count). The fourth-order valence-electron chi connectivity index (χ4n) is 1.87. The molecular weight excluding hydrogens is 238 g/mol. The minimum absolute atomic E-state index is 0.566. The molecule has 0 fully saturated rings. The number of H-pyrrole nitrogens is 1. The van der Waals surface area contributed by atoms with Gasteiger partial charge in [0.2, 0.25) is 0 Å². The normalized spacial score (nSPS) is 11.2. The van der Waals surface area contributed by atoms with Crippen molar-refractivity contribution in [2.24, 2.45) is 0 Å². The second-order valence-electron chi connectivity index (χ2n) is 3.87. The molecule has 86 valence electrons. The van der Waals surface area contributed by atoms with Gasteiger partial charge < -0.3 is 15.1 Å². The SMILES string of the molecule is Cc1occc1-c1nc2c(N)cc(Cl)cc2[nH]1. The van der Waals surface area contributed by atoms with E-state index in [1.807, 2.05) is 13.0 Å². The molecule has 5 heteroatoms. The molecule has 2 heterocycles. The number of nitrogens with two attached hydrogens (primary N) is 1. The summed E-state index contributed by atoms with van der Waals surface area (Å²) in [5, 5.41) is 0.592. The number of aromatic nitrogens is 2. The Balaban J connectivity index is 2.27. The summed E-state index contributed by atoms with van der Waals surface area (Å²) in [4.78, 5) is 7.64. The number of nitrogens with zero attached hydrogens (tertiary/aromatic N) is 1. The topological polar surface area (TPSA) is 67.8 Å². The number of furan rings is 1. The fraction of sp³-hybridized carbons (Fsp3) is 0.0833. The van der Waals surface area contributed by atoms with E-state index in [9.17, 15) is 0 Å². The van der Waals surface area contributed by atoms with Gasteiger partial charge in [0.25, 0.3) is 0 Å². The van der Waals surface area contributed by atoms with Crippen LogP contribution in [0.3, 0.4) is 0 Å². The monoisotopic (exact) mass is 247 g/mol. The largest absolute Gasteiger partial charge is 0.469 e. The maximum Gasteiger partial charge on any atom is 0.142 e. The van der Waals surface area contributed by atoms with Crippen LogP contribution in [0.2, 0.25) is 5.02 Å². The smallest absolute Gasteiger partial charge is 0.142 e. The van der Waals surface area contributed by atoms with Gasteiger partial charge in [-0.3, -0.25) is 0 Å². The van der Waals surface area contributed by atoms with Crippen molar-refractivity contribution in [3.8, 4) is 11.4 Å². The summed E-state index contributed by atoms with van der Waals surface area (Å²) in [5.41, 5.74) is 8.92. The van der Waals surface area contributed by atoms with E-state index < -0.39 is 0 Å². The average Bonchev–Trinajstić information content (AvgIpc) is 2.83. The molecule has 3 aromatic rings. The Labute approximate surface area is 102 Å². The number of hydrogen-bond acceptors (Lipinski definition) is 3. The first-order chi connectivity index (χ1) is 8.15. The summed E-state index contributed by atoms with van der Waals surface area (Å²) in [6.45, 7) is 1.89. The van der Waals surface area contributed by atoms with E-state index in [0.717, 1.165) is 28.2 Å². The second-order valence-corrected chi connectivity index (χ2v) is 4.30. The Hall–Kier alpha value is -1.94. The number of nitrogen functional groups attached to an aromatic ring is 1. The molecule has 0 bridgehead atoms. The molecular formula is C12H10ClN3O. The number of halogens is 1. The van der Waals surface area contributed by atoms with Crippen LogP contribution in [-0.4, -0.2) is 9.97 Å². The van der Waals surface area contributed by atoms with Crippen LogP contribution in [-0.2, 0) is 0 Å². The number of anilines is 1. The zero-order valence-corrected chi connectivity index (χ0v) is 9.88. The standard InChI is InChI=1S/C12H10ClN3O/c1-6-8(2-3-17-6)12-15-10-5-7(13)4-9(14)11(10)16-12/h2-5H,14H2,1H3,(H,15,16). The Morgan fingerprint density at radius 2 is 2.24 bits per heavy atom. The van der Waals surface area contributed by atoms with Gasteiger partial charge >= 0.3 is 0 Å². The number of rotatable bonds is 1. The molecule has 0 saturated heterocycles. The molecule has 4 nitrogen and oxygen atoms in total. The molecule has 0 unspecified atom stereocenters. The van der Waals surface area contributed by atoms with Crippen molar-refractivity contribution in [3.63, 3.8) is 0 Å². The van der Waals surface area contributed by atoms with E-state index >= 15 is 0 Å². The van der Waals surface area contributed by atoms with Gasteiger partial charge in [0.1, 0.15) is 17.1 Å². The van der Waals surface area contributed by atoms with Gasteiger partial charge in [0.15, 0.2) is 0 Å². The van der Waals surface area contributed by atoms with E-state index in [1.54, 1.807) is 18.4 Å². The van der Waals surface area contributed by atoms with Gasteiger partial charge in [0, 0.05) is 5.02 Å². The van der Waals surface area contributed by atoms with Gasteiger partial charge in [0.05, 0.1) is 23.0 Å². The summed E-state index contributed by atoms with van der Waals surface area (Å²) < 4.78 is 5.25. The van der Waals surface area contributed by atoms with Crippen LogP contribution < -0.4 is 5.73 Å². The number of aromatic amines is 1. The highest BCUT2D eigenvalue weighted by molar-refractivity contribution is 6.31. The molecule has 0 atom stereocenters. The van der Waals surface area contributed by atoms with Gasteiger partial charge in [-0.1, -0.05) is 11.6 Å². The maximum atomic E-state index is 5.94. The van der Waals surface area contributed by atoms with Crippen molar-refractivity contribution in [1.82, 2.24) is 9.97 Å². The molecule has 0 saturated carbocycles. The summed E-state index contributed by atoms with van der Waals surface area (Å²) in [7, 11) is 0. The van der Waals surface area contributed by atoms with Crippen LogP contribution in [0.15, 0.2) is 28.9 Å². The van der Waals surface area contributed by atoms with E-state index in [4.69, 9.17) is 21.8 Å². The molecule has 0 amide bonds. The summed E-state index contributed by atoms with van der Waals surface area (Å²) >= 11 is 5.94. The number of benzene rings is 1. The van der Waals surface area contributed by atoms with Crippen LogP contribution in [0.1, 0.15) is 5.76 Å². The van der Waals surface area contributed by atoms with E-state index in [0.29, 0.717) is 10.7 Å². The molecule has 2 aromatic heterocycles. The van der Waals surface area contributed by atoms with Crippen LogP contribution in [0.25, 0.3) is 22.4 Å². The zero-order valence-electron chi connectivity index (χ0n) is 9.12. The molecule has 1 aromatic carbocycles. The molecule has 3 N–H and O–H groups in total. The fourth-order valence-corrected chi connectivity index (χ4v) is 2.09. The lowest BCUT2D eigenvalue weighted by Gasteiger charge is -1.94. The Morgan fingerprint density at radius 1 is 1.41 bits per heavy atom. The quantitative estimate of drug-likeness (QED) is 0.648. The summed E-state index contributed by atoms with van der Waals surface area (Å²) in [5.74, 6) is 1.55. The Kier molecular flexibility index (Phi) is 2.12. The first-order valence-corrected chi connectivity index (χ1v) is 5.52.